The molecule has 5 heteroatoms. The molecule has 0 saturated heterocycles. The van der Waals surface area contributed by atoms with Crippen molar-refractivity contribution in [1.82, 2.24) is 0 Å². The van der Waals surface area contributed by atoms with Crippen molar-refractivity contribution >= 4 is 23.6 Å². The van der Waals surface area contributed by atoms with Crippen LogP contribution < -0.4 is 9.47 Å². The van der Waals surface area contributed by atoms with Crippen LogP contribution in [0.5, 0.6) is 11.5 Å². The lowest BCUT2D eigenvalue weighted by Crippen LogP contribution is -2.12. The van der Waals surface area contributed by atoms with Crippen molar-refractivity contribution in [3.05, 3.63) is 58.9 Å². The average molecular weight is 344 g/mol. The van der Waals surface area contributed by atoms with Crippen LogP contribution in [0.3, 0.4) is 0 Å². The standard InChI is InChI=1S/C19H17FO3S/c1-3-23-17-9-12(4-6-16(17)22-2)8-13-11-24-18-7-5-14(20)10-15(18)19(13)21/h4-10H,3,11H2,1-2H3/b13-8+. The maximum atomic E-state index is 13.4. The molecule has 0 aromatic heterocycles. The van der Waals surface area contributed by atoms with Gasteiger partial charge in [0, 0.05) is 21.8 Å². The lowest BCUT2D eigenvalue weighted by atomic mass is 10.0. The van der Waals surface area contributed by atoms with Gasteiger partial charge in [-0.1, -0.05) is 6.07 Å². The summed E-state index contributed by atoms with van der Waals surface area (Å²) in [5, 5.41) is 0. The third-order valence-corrected chi connectivity index (χ3v) is 4.81. The van der Waals surface area contributed by atoms with E-state index in [9.17, 15) is 9.18 Å². The molecular formula is C19H17FO3S. The first kappa shape index (κ1) is 16.6. The van der Waals surface area contributed by atoms with Crippen LogP contribution in [0.15, 0.2) is 46.9 Å². The Bertz CT molecular complexity index is 814. The summed E-state index contributed by atoms with van der Waals surface area (Å²) in [6.45, 7) is 2.43. The van der Waals surface area contributed by atoms with Crippen molar-refractivity contribution in [1.29, 1.82) is 0 Å². The number of ether oxygens (including phenoxy) is 2. The first-order valence-corrected chi connectivity index (χ1v) is 8.59. The molecule has 0 amide bonds. The Kier molecular flexibility index (Phi) is 4.90. The molecular weight excluding hydrogens is 327 g/mol. The van der Waals surface area contributed by atoms with E-state index in [0.717, 1.165) is 10.5 Å². The van der Waals surface area contributed by atoms with E-state index in [0.29, 0.717) is 35.0 Å². The molecule has 0 fully saturated rings. The summed E-state index contributed by atoms with van der Waals surface area (Å²) in [7, 11) is 1.59. The average Bonchev–Trinajstić information content (AvgIpc) is 2.58. The second-order valence-electron chi connectivity index (χ2n) is 5.27. The quantitative estimate of drug-likeness (QED) is 0.759. The van der Waals surface area contributed by atoms with Crippen molar-refractivity contribution in [3.8, 4) is 11.5 Å². The Hall–Kier alpha value is -2.27. The molecule has 0 spiro atoms. The fourth-order valence-corrected chi connectivity index (χ4v) is 3.56. The van der Waals surface area contributed by atoms with Crippen LogP contribution in [0.4, 0.5) is 4.39 Å². The number of hydrogen-bond donors (Lipinski definition) is 0. The fourth-order valence-electron chi connectivity index (χ4n) is 2.56. The first-order valence-electron chi connectivity index (χ1n) is 7.61. The number of carbonyl (C=O) groups is 1. The van der Waals surface area contributed by atoms with Crippen molar-refractivity contribution < 1.29 is 18.7 Å². The molecule has 0 unspecified atom stereocenters. The van der Waals surface area contributed by atoms with Gasteiger partial charge < -0.3 is 9.47 Å². The molecule has 1 aliphatic rings. The zero-order chi connectivity index (χ0) is 17.1. The van der Waals surface area contributed by atoms with E-state index in [1.54, 1.807) is 13.2 Å². The summed E-state index contributed by atoms with van der Waals surface area (Å²) in [6.07, 6.45) is 1.82. The second-order valence-corrected chi connectivity index (χ2v) is 6.29. The summed E-state index contributed by atoms with van der Waals surface area (Å²) in [4.78, 5) is 13.4. The molecule has 0 N–H and O–H groups in total. The summed E-state index contributed by atoms with van der Waals surface area (Å²) in [5.41, 5.74) is 1.92. The third-order valence-electron chi connectivity index (χ3n) is 3.69. The highest BCUT2D eigenvalue weighted by molar-refractivity contribution is 7.99. The van der Waals surface area contributed by atoms with Gasteiger partial charge in [0.1, 0.15) is 5.82 Å². The SMILES string of the molecule is CCOc1cc(/C=C2\CSc3ccc(F)cc3C2=O)ccc1OC. The van der Waals surface area contributed by atoms with E-state index in [1.165, 1.54) is 23.9 Å². The van der Waals surface area contributed by atoms with Gasteiger partial charge in [0.15, 0.2) is 17.3 Å². The highest BCUT2D eigenvalue weighted by Gasteiger charge is 2.23. The molecule has 0 radical (unpaired) electrons. The molecule has 1 aliphatic heterocycles. The Balaban J connectivity index is 1.94. The number of carbonyl (C=O) groups excluding carboxylic acids is 1. The molecule has 0 saturated carbocycles. The van der Waals surface area contributed by atoms with E-state index < -0.39 is 5.82 Å². The predicted octanol–water partition coefficient (Wildman–Crippen LogP) is 4.61. The van der Waals surface area contributed by atoms with Crippen LogP contribution >= 0.6 is 11.8 Å². The van der Waals surface area contributed by atoms with Crippen LogP contribution in [0, 0.1) is 5.82 Å². The van der Waals surface area contributed by atoms with Crippen molar-refractivity contribution in [3.63, 3.8) is 0 Å². The predicted molar refractivity (Wildman–Crippen MR) is 93.6 cm³/mol. The number of rotatable bonds is 4. The van der Waals surface area contributed by atoms with Gasteiger partial charge in [0.05, 0.1) is 13.7 Å². The molecule has 0 atom stereocenters. The largest absolute Gasteiger partial charge is 0.493 e. The van der Waals surface area contributed by atoms with E-state index >= 15 is 0 Å². The van der Waals surface area contributed by atoms with E-state index in [2.05, 4.69) is 0 Å². The minimum Gasteiger partial charge on any atom is -0.493 e. The maximum absolute atomic E-state index is 13.4. The Morgan fingerprint density at radius 1 is 1.21 bits per heavy atom. The normalized spacial score (nSPS) is 15.3. The van der Waals surface area contributed by atoms with Gasteiger partial charge in [-0.2, -0.15) is 0 Å². The highest BCUT2D eigenvalue weighted by Crippen LogP contribution is 2.35. The molecule has 2 aromatic rings. The number of fused-ring (bicyclic) bond motifs is 1. The maximum Gasteiger partial charge on any atom is 0.191 e. The fraction of sp³-hybridized carbons (Fsp3) is 0.211. The lowest BCUT2D eigenvalue weighted by Gasteiger charge is -2.17. The Labute approximate surface area is 144 Å². The van der Waals surface area contributed by atoms with Crippen LogP contribution in [0.2, 0.25) is 0 Å². The molecule has 3 nitrogen and oxygen atoms in total. The van der Waals surface area contributed by atoms with Crippen LogP contribution in [0.1, 0.15) is 22.8 Å². The second kappa shape index (κ2) is 7.09. The zero-order valence-electron chi connectivity index (χ0n) is 13.5. The monoisotopic (exact) mass is 344 g/mol. The highest BCUT2D eigenvalue weighted by atomic mass is 32.2. The van der Waals surface area contributed by atoms with Crippen molar-refractivity contribution in [2.75, 3.05) is 19.5 Å². The number of Topliss-reactive ketones (excluding diaryl/α,β-unsaturated/α-hetero) is 1. The number of methoxy groups -OCH3 is 1. The van der Waals surface area contributed by atoms with Crippen LogP contribution in [-0.4, -0.2) is 25.3 Å². The van der Waals surface area contributed by atoms with Gasteiger partial charge in [-0.25, -0.2) is 4.39 Å². The van der Waals surface area contributed by atoms with Gasteiger partial charge in [-0.3, -0.25) is 4.79 Å². The van der Waals surface area contributed by atoms with E-state index in [4.69, 9.17) is 9.47 Å². The number of thioether (sulfide) groups is 1. The third kappa shape index (κ3) is 3.31. The van der Waals surface area contributed by atoms with Crippen molar-refractivity contribution in [2.45, 2.75) is 11.8 Å². The summed E-state index contributed by atoms with van der Waals surface area (Å²) >= 11 is 1.54. The molecule has 0 bridgehead atoms. The molecule has 3 rings (SSSR count). The van der Waals surface area contributed by atoms with Crippen LogP contribution in [0.25, 0.3) is 6.08 Å². The lowest BCUT2D eigenvalue weighted by molar-refractivity contribution is 0.103. The Morgan fingerprint density at radius 2 is 2.04 bits per heavy atom. The molecule has 0 aliphatic carbocycles. The summed E-state index contributed by atoms with van der Waals surface area (Å²) in [6, 6.07) is 9.86. The number of halogens is 1. The number of benzene rings is 2. The minimum absolute atomic E-state index is 0.128. The molecule has 2 aromatic carbocycles. The van der Waals surface area contributed by atoms with Gasteiger partial charge in [-0.15, -0.1) is 11.8 Å². The summed E-state index contributed by atoms with van der Waals surface area (Å²) < 4.78 is 24.3. The van der Waals surface area contributed by atoms with Gasteiger partial charge >= 0.3 is 0 Å². The van der Waals surface area contributed by atoms with Crippen LogP contribution in [-0.2, 0) is 0 Å². The van der Waals surface area contributed by atoms with Gasteiger partial charge in [-0.05, 0) is 48.9 Å². The van der Waals surface area contributed by atoms with Crippen molar-refractivity contribution in [2.24, 2.45) is 0 Å². The smallest absolute Gasteiger partial charge is 0.191 e. The van der Waals surface area contributed by atoms with Gasteiger partial charge in [0.2, 0.25) is 0 Å². The first-order chi connectivity index (χ1) is 11.6. The number of ketones is 1. The Morgan fingerprint density at radius 3 is 2.79 bits per heavy atom. The minimum atomic E-state index is -0.396. The van der Waals surface area contributed by atoms with E-state index in [-0.39, 0.29) is 5.78 Å². The topological polar surface area (TPSA) is 35.5 Å². The summed E-state index contributed by atoms with van der Waals surface area (Å²) in [5.74, 6) is 1.32. The zero-order valence-corrected chi connectivity index (χ0v) is 14.3. The van der Waals surface area contributed by atoms with Gasteiger partial charge in [0.25, 0.3) is 0 Å². The number of hydrogen-bond acceptors (Lipinski definition) is 4. The molecule has 124 valence electrons. The molecule has 24 heavy (non-hydrogen) atoms. The molecule has 1 heterocycles. The van der Waals surface area contributed by atoms with E-state index in [1.807, 2.05) is 31.2 Å².